The highest BCUT2D eigenvalue weighted by molar-refractivity contribution is 5.91. The maximum atomic E-state index is 12.2. The Morgan fingerprint density at radius 2 is 1.89 bits per heavy atom. The first-order valence-corrected chi connectivity index (χ1v) is 6.10. The number of carbonyl (C=O) groups is 1. The lowest BCUT2D eigenvalue weighted by atomic mass is 10.2. The zero-order valence-corrected chi connectivity index (χ0v) is 10.7. The number of amides is 1. The summed E-state index contributed by atoms with van der Waals surface area (Å²) in [5.74, 6) is 1.11. The summed E-state index contributed by atoms with van der Waals surface area (Å²) < 4.78 is 5.37. The van der Waals surface area contributed by atoms with Crippen LogP contribution in [0.1, 0.15) is 28.8 Å². The maximum absolute atomic E-state index is 12.2. The Bertz CT molecular complexity index is 516. The number of benzene rings is 1. The third-order valence-corrected chi connectivity index (χ3v) is 2.84. The van der Waals surface area contributed by atoms with E-state index in [1.165, 1.54) is 0 Å². The Hall–Kier alpha value is -2.03. The largest absolute Gasteiger partial charge is 0.456 e. The number of furan rings is 1. The molecule has 0 spiro atoms. The van der Waals surface area contributed by atoms with Gasteiger partial charge in [0, 0.05) is 13.1 Å². The van der Waals surface area contributed by atoms with Gasteiger partial charge in [-0.25, -0.2) is 0 Å². The lowest BCUT2D eigenvalue weighted by Crippen LogP contribution is -2.29. The van der Waals surface area contributed by atoms with Gasteiger partial charge in [0.2, 0.25) is 0 Å². The third-order valence-electron chi connectivity index (χ3n) is 2.84. The first kappa shape index (κ1) is 12.4. The number of hydrogen-bond acceptors (Lipinski definition) is 2. The van der Waals surface area contributed by atoms with Gasteiger partial charge in [0.1, 0.15) is 5.76 Å². The molecule has 1 heterocycles. The molecule has 2 rings (SSSR count). The van der Waals surface area contributed by atoms with Gasteiger partial charge in [-0.2, -0.15) is 0 Å². The number of rotatable bonds is 4. The molecule has 0 N–H and O–H groups in total. The van der Waals surface area contributed by atoms with Crippen LogP contribution in [0.25, 0.3) is 0 Å². The van der Waals surface area contributed by atoms with Crippen LogP contribution in [0.5, 0.6) is 0 Å². The first-order chi connectivity index (χ1) is 8.70. The lowest BCUT2D eigenvalue weighted by molar-refractivity contribution is 0.0719. The normalized spacial score (nSPS) is 10.3. The lowest BCUT2D eigenvalue weighted by Gasteiger charge is -2.19. The molecule has 2 aromatic rings. The van der Waals surface area contributed by atoms with E-state index in [1.54, 1.807) is 11.0 Å². The molecule has 0 aliphatic carbocycles. The van der Waals surface area contributed by atoms with Crippen molar-refractivity contribution in [3.8, 4) is 0 Å². The molecule has 0 saturated heterocycles. The summed E-state index contributed by atoms with van der Waals surface area (Å²) >= 11 is 0. The van der Waals surface area contributed by atoms with Crippen LogP contribution in [-0.2, 0) is 6.54 Å². The molecule has 0 aliphatic rings. The summed E-state index contributed by atoms with van der Waals surface area (Å²) in [7, 11) is 0. The van der Waals surface area contributed by atoms with Crippen LogP contribution in [0.4, 0.5) is 0 Å². The summed E-state index contributed by atoms with van der Waals surface area (Å²) in [4.78, 5) is 14.0. The second-order valence-corrected chi connectivity index (χ2v) is 4.22. The maximum Gasteiger partial charge on any atom is 0.289 e. The average Bonchev–Trinajstić information content (AvgIpc) is 2.83. The predicted molar refractivity (Wildman–Crippen MR) is 70.3 cm³/mol. The van der Waals surface area contributed by atoms with Crippen molar-refractivity contribution in [2.45, 2.75) is 20.4 Å². The Morgan fingerprint density at radius 3 is 2.44 bits per heavy atom. The molecule has 0 aliphatic heterocycles. The van der Waals surface area contributed by atoms with Gasteiger partial charge in [0.15, 0.2) is 5.76 Å². The summed E-state index contributed by atoms with van der Waals surface area (Å²) in [6.07, 6.45) is 0. The molecule has 1 aromatic carbocycles. The summed E-state index contributed by atoms with van der Waals surface area (Å²) in [6.45, 7) is 5.07. The fourth-order valence-corrected chi connectivity index (χ4v) is 1.84. The van der Waals surface area contributed by atoms with Crippen LogP contribution >= 0.6 is 0 Å². The van der Waals surface area contributed by atoms with Crippen LogP contribution in [0.15, 0.2) is 46.9 Å². The predicted octanol–water partition coefficient (Wildman–Crippen LogP) is 3.25. The zero-order valence-electron chi connectivity index (χ0n) is 10.7. The highest BCUT2D eigenvalue weighted by atomic mass is 16.3. The van der Waals surface area contributed by atoms with Gasteiger partial charge in [-0.3, -0.25) is 4.79 Å². The Kier molecular flexibility index (Phi) is 3.82. The van der Waals surface area contributed by atoms with E-state index < -0.39 is 0 Å². The van der Waals surface area contributed by atoms with Gasteiger partial charge in [0.25, 0.3) is 5.91 Å². The number of aryl methyl sites for hydroxylation is 1. The molecule has 0 atom stereocenters. The van der Waals surface area contributed by atoms with Gasteiger partial charge in [-0.1, -0.05) is 30.3 Å². The molecule has 18 heavy (non-hydrogen) atoms. The van der Waals surface area contributed by atoms with Crippen LogP contribution in [0, 0.1) is 6.92 Å². The summed E-state index contributed by atoms with van der Waals surface area (Å²) in [5, 5.41) is 0. The van der Waals surface area contributed by atoms with E-state index in [0.29, 0.717) is 18.8 Å². The molecule has 3 heteroatoms. The van der Waals surface area contributed by atoms with Crippen LogP contribution in [0.3, 0.4) is 0 Å². The third kappa shape index (κ3) is 2.80. The van der Waals surface area contributed by atoms with Crippen LogP contribution < -0.4 is 0 Å². The number of hydrogen-bond donors (Lipinski definition) is 0. The Labute approximate surface area is 107 Å². The van der Waals surface area contributed by atoms with Crippen molar-refractivity contribution in [2.24, 2.45) is 0 Å². The second-order valence-electron chi connectivity index (χ2n) is 4.22. The van der Waals surface area contributed by atoms with Gasteiger partial charge in [-0.05, 0) is 31.5 Å². The van der Waals surface area contributed by atoms with Crippen molar-refractivity contribution < 1.29 is 9.21 Å². The minimum Gasteiger partial charge on any atom is -0.456 e. The van der Waals surface area contributed by atoms with Crippen LogP contribution in [-0.4, -0.2) is 17.4 Å². The average molecular weight is 243 g/mol. The second kappa shape index (κ2) is 5.54. The van der Waals surface area contributed by atoms with Gasteiger partial charge in [-0.15, -0.1) is 0 Å². The highest BCUT2D eigenvalue weighted by Crippen LogP contribution is 2.12. The van der Waals surface area contributed by atoms with Crippen LogP contribution in [0.2, 0.25) is 0 Å². The molecular weight excluding hydrogens is 226 g/mol. The fraction of sp³-hybridized carbons (Fsp3) is 0.267. The van der Waals surface area contributed by atoms with Gasteiger partial charge >= 0.3 is 0 Å². The molecule has 0 saturated carbocycles. The van der Waals surface area contributed by atoms with E-state index in [0.717, 1.165) is 11.3 Å². The van der Waals surface area contributed by atoms with Crippen molar-refractivity contribution in [3.05, 3.63) is 59.5 Å². The fourth-order valence-electron chi connectivity index (χ4n) is 1.84. The SMILES string of the molecule is CCN(Cc1ccccc1)C(=O)c1ccc(C)o1. The highest BCUT2D eigenvalue weighted by Gasteiger charge is 2.17. The van der Waals surface area contributed by atoms with E-state index in [2.05, 4.69) is 0 Å². The zero-order chi connectivity index (χ0) is 13.0. The minimum absolute atomic E-state index is 0.0607. The first-order valence-electron chi connectivity index (χ1n) is 6.10. The van der Waals surface area contributed by atoms with Gasteiger partial charge in [0.05, 0.1) is 0 Å². The van der Waals surface area contributed by atoms with Crippen molar-refractivity contribution in [1.29, 1.82) is 0 Å². The number of nitrogens with zero attached hydrogens (tertiary/aromatic N) is 1. The van der Waals surface area contributed by atoms with Crippen molar-refractivity contribution in [3.63, 3.8) is 0 Å². The minimum atomic E-state index is -0.0607. The van der Waals surface area contributed by atoms with E-state index in [9.17, 15) is 4.79 Å². The molecule has 3 nitrogen and oxygen atoms in total. The molecule has 1 amide bonds. The van der Waals surface area contributed by atoms with Crippen molar-refractivity contribution >= 4 is 5.91 Å². The van der Waals surface area contributed by atoms with E-state index in [1.807, 2.05) is 50.2 Å². The molecule has 94 valence electrons. The summed E-state index contributed by atoms with van der Waals surface area (Å²) in [5.41, 5.74) is 1.12. The molecule has 0 fully saturated rings. The Balaban J connectivity index is 2.12. The standard InChI is InChI=1S/C15H17NO2/c1-3-16(11-13-7-5-4-6-8-13)15(17)14-10-9-12(2)18-14/h4-10H,3,11H2,1-2H3. The van der Waals surface area contributed by atoms with E-state index >= 15 is 0 Å². The van der Waals surface area contributed by atoms with Crippen molar-refractivity contribution in [2.75, 3.05) is 6.54 Å². The van der Waals surface area contributed by atoms with Crippen molar-refractivity contribution in [1.82, 2.24) is 4.90 Å². The molecule has 0 unspecified atom stereocenters. The number of carbonyl (C=O) groups excluding carboxylic acids is 1. The quantitative estimate of drug-likeness (QED) is 0.826. The molecule has 0 bridgehead atoms. The molecular formula is C15H17NO2. The summed E-state index contributed by atoms with van der Waals surface area (Å²) in [6, 6.07) is 13.5. The van der Waals surface area contributed by atoms with Gasteiger partial charge < -0.3 is 9.32 Å². The molecule has 0 radical (unpaired) electrons. The topological polar surface area (TPSA) is 33.5 Å². The Morgan fingerprint density at radius 1 is 1.17 bits per heavy atom. The van der Waals surface area contributed by atoms with E-state index in [-0.39, 0.29) is 5.91 Å². The molecule has 1 aromatic heterocycles. The monoisotopic (exact) mass is 243 g/mol. The smallest absolute Gasteiger partial charge is 0.289 e. The van der Waals surface area contributed by atoms with E-state index in [4.69, 9.17) is 4.42 Å².